The van der Waals surface area contributed by atoms with E-state index in [1.54, 1.807) is 16.3 Å². The van der Waals surface area contributed by atoms with Crippen molar-refractivity contribution in [1.82, 2.24) is 29.7 Å². The fraction of sp³-hybridized carbons (Fsp3) is 0.318. The molecule has 1 aliphatic rings. The van der Waals surface area contributed by atoms with Crippen LogP contribution in [0.25, 0.3) is 22.0 Å². The summed E-state index contributed by atoms with van der Waals surface area (Å²) >= 11 is 1.18. The third-order valence-electron chi connectivity index (χ3n) is 5.59. The van der Waals surface area contributed by atoms with Gasteiger partial charge in [-0.15, -0.1) is 16.4 Å². The van der Waals surface area contributed by atoms with Gasteiger partial charge in [-0.05, 0) is 31.9 Å². The highest BCUT2D eigenvalue weighted by atomic mass is 32.1. The molecular weight excluding hydrogens is 524 g/mol. The molecule has 1 amide bonds. The van der Waals surface area contributed by atoms with Crippen molar-refractivity contribution in [1.29, 1.82) is 0 Å². The molecule has 2 N–H and O–H groups in total. The quantitative estimate of drug-likeness (QED) is 0.300. The van der Waals surface area contributed by atoms with Crippen molar-refractivity contribution in [3.05, 3.63) is 53.8 Å². The minimum absolute atomic E-state index is 0.0284. The Morgan fingerprint density at radius 1 is 1.35 bits per heavy atom. The lowest BCUT2D eigenvalue weighted by Gasteiger charge is -2.34. The van der Waals surface area contributed by atoms with Crippen LogP contribution in [0.15, 0.2) is 42.3 Å². The number of rotatable bonds is 9. The first-order valence-electron chi connectivity index (χ1n) is 11.3. The van der Waals surface area contributed by atoms with E-state index in [1.807, 2.05) is 6.92 Å². The lowest BCUT2D eigenvalue weighted by atomic mass is 9.89. The molecule has 0 aliphatic heterocycles. The van der Waals surface area contributed by atoms with Crippen LogP contribution in [0, 0.1) is 5.82 Å². The van der Waals surface area contributed by atoms with Crippen LogP contribution in [-0.2, 0) is 9.30 Å². The van der Waals surface area contributed by atoms with Gasteiger partial charge in [0.05, 0.1) is 42.5 Å². The molecule has 4 aromatic heterocycles. The van der Waals surface area contributed by atoms with Crippen LogP contribution >= 0.6 is 18.9 Å². The average Bonchev–Trinajstić information content (AvgIpc) is 3.55. The van der Waals surface area contributed by atoms with Gasteiger partial charge in [0, 0.05) is 24.4 Å². The van der Waals surface area contributed by atoms with E-state index in [4.69, 9.17) is 9.36 Å². The molecule has 0 bridgehead atoms. The number of pyridine rings is 1. The number of carbonyl (C=O) groups is 1. The zero-order valence-electron chi connectivity index (χ0n) is 19.8. The second kappa shape index (κ2) is 10.1. The molecule has 0 spiro atoms. The number of hydrogen-bond acceptors (Lipinski definition) is 9. The van der Waals surface area contributed by atoms with Gasteiger partial charge < -0.3 is 19.6 Å². The van der Waals surface area contributed by atoms with E-state index in [0.717, 1.165) is 24.4 Å². The first-order chi connectivity index (χ1) is 17.7. The summed E-state index contributed by atoms with van der Waals surface area (Å²) in [6, 6.07) is 2.83. The highest BCUT2D eigenvalue weighted by molar-refractivity contribution is 7.52. The molecule has 1 atom stereocenters. The molecule has 15 heteroatoms. The molecule has 194 valence electrons. The summed E-state index contributed by atoms with van der Waals surface area (Å²) < 4.78 is 38.2. The highest BCUT2D eigenvalue weighted by Crippen LogP contribution is 2.37. The van der Waals surface area contributed by atoms with E-state index in [2.05, 4.69) is 25.5 Å². The van der Waals surface area contributed by atoms with Crippen molar-refractivity contribution in [2.75, 3.05) is 18.6 Å². The van der Waals surface area contributed by atoms with Crippen LogP contribution in [0.4, 0.5) is 10.1 Å². The number of nitrogens with one attached hydrogen (secondary N) is 1. The van der Waals surface area contributed by atoms with Gasteiger partial charge >= 0.3 is 7.60 Å². The van der Waals surface area contributed by atoms with Crippen LogP contribution in [0.1, 0.15) is 36.3 Å². The summed E-state index contributed by atoms with van der Waals surface area (Å²) in [5, 5.41) is 13.2. The number of hydrogen-bond donors (Lipinski definition) is 2. The molecule has 1 saturated carbocycles. The zero-order valence-corrected chi connectivity index (χ0v) is 21.5. The maximum absolute atomic E-state index is 14.6. The summed E-state index contributed by atoms with van der Waals surface area (Å²) in [7, 11) is -3.79. The fourth-order valence-electron chi connectivity index (χ4n) is 3.84. The van der Waals surface area contributed by atoms with E-state index in [0.29, 0.717) is 22.9 Å². The summed E-state index contributed by atoms with van der Waals surface area (Å²) in [6.45, 7) is 3.61. The first-order valence-corrected chi connectivity index (χ1v) is 14.2. The summed E-state index contributed by atoms with van der Waals surface area (Å²) in [5.74, 6) is -1.07. The SMILES string of the molecule is CCO[C@H]1C[C@@H](n2cc(NC(=O)c3csc(-c4cnn(OP(C)(=O)O)c4)n3)c(-c3ncccc3F)n2)C1. The molecule has 5 rings (SSSR count). The number of ether oxygens (including phenoxy) is 1. The number of aromatic nitrogens is 6. The van der Waals surface area contributed by atoms with E-state index < -0.39 is 19.3 Å². The largest absolute Gasteiger partial charge is 0.394 e. The first kappa shape index (κ1) is 25.2. The predicted molar refractivity (Wildman–Crippen MR) is 133 cm³/mol. The topological polar surface area (TPSA) is 146 Å². The van der Waals surface area contributed by atoms with Crippen molar-refractivity contribution in [2.45, 2.75) is 31.9 Å². The number of carbonyl (C=O) groups excluding carboxylic acids is 1. The van der Waals surface area contributed by atoms with Crippen LogP contribution < -0.4 is 9.94 Å². The van der Waals surface area contributed by atoms with E-state index in [1.165, 1.54) is 42.1 Å². The van der Waals surface area contributed by atoms with Crippen molar-refractivity contribution in [3.63, 3.8) is 0 Å². The molecule has 1 unspecified atom stereocenters. The Hall–Kier alpha value is -3.45. The lowest BCUT2D eigenvalue weighted by molar-refractivity contribution is -0.0226. The zero-order chi connectivity index (χ0) is 26.2. The summed E-state index contributed by atoms with van der Waals surface area (Å²) in [4.78, 5) is 31.7. The van der Waals surface area contributed by atoms with Crippen LogP contribution in [0.5, 0.6) is 0 Å². The number of anilines is 1. The smallest absolute Gasteiger partial charge is 0.378 e. The molecule has 0 radical (unpaired) electrons. The number of halogens is 1. The standard InChI is InChI=1S/C22H23FN7O5PS/c1-3-34-15-7-14(8-15)29-11-17(20(28-29)19-16(23)5-4-6-24-19)26-21(31)18-12-37-22(27-18)13-9-25-30(10-13)35-36(2,32)33/h4-6,9-12,14-15H,3,7-8H2,1-2H3,(H,26,31)(H,32,33)/t14-,15+. The Bertz CT molecular complexity index is 1480. The normalized spacial score (nSPS) is 18.7. The molecule has 4 heterocycles. The second-order valence-electron chi connectivity index (χ2n) is 8.42. The van der Waals surface area contributed by atoms with Crippen LogP contribution in [0.3, 0.4) is 0 Å². The second-order valence-corrected chi connectivity index (χ2v) is 11.0. The van der Waals surface area contributed by atoms with Gasteiger partial charge in [0.1, 0.15) is 22.1 Å². The highest BCUT2D eigenvalue weighted by Gasteiger charge is 2.33. The van der Waals surface area contributed by atoms with Gasteiger partial charge in [-0.1, -0.05) is 4.85 Å². The van der Waals surface area contributed by atoms with Gasteiger partial charge in [0.25, 0.3) is 5.91 Å². The van der Waals surface area contributed by atoms with E-state index in [9.17, 15) is 18.6 Å². The Balaban J connectivity index is 1.37. The molecule has 1 aliphatic carbocycles. The summed E-state index contributed by atoms with van der Waals surface area (Å²) in [6.07, 6.45) is 7.59. The van der Waals surface area contributed by atoms with Crippen molar-refractivity contribution >= 4 is 30.5 Å². The molecule has 12 nitrogen and oxygen atoms in total. The molecule has 0 aromatic carbocycles. The predicted octanol–water partition coefficient (Wildman–Crippen LogP) is 3.64. The molecule has 37 heavy (non-hydrogen) atoms. The van der Waals surface area contributed by atoms with Crippen LogP contribution in [0.2, 0.25) is 0 Å². The number of nitrogens with zero attached hydrogens (tertiary/aromatic N) is 6. The van der Waals surface area contributed by atoms with E-state index >= 15 is 0 Å². The summed E-state index contributed by atoms with van der Waals surface area (Å²) in [5.41, 5.74) is 1.17. The lowest BCUT2D eigenvalue weighted by Crippen LogP contribution is -2.33. The van der Waals surface area contributed by atoms with Gasteiger partial charge in [-0.2, -0.15) is 5.10 Å². The third kappa shape index (κ3) is 5.62. The molecule has 1 fully saturated rings. The van der Waals surface area contributed by atoms with Crippen LogP contribution in [-0.4, -0.2) is 59.9 Å². The Kier molecular flexibility index (Phi) is 6.90. The maximum Gasteiger partial charge on any atom is 0.394 e. The Labute approximate surface area is 214 Å². The van der Waals surface area contributed by atoms with Gasteiger partial charge in [0.2, 0.25) is 0 Å². The molecule has 4 aromatic rings. The molecular formula is C22H23FN7O5PS. The van der Waals surface area contributed by atoms with Gasteiger partial charge in [-0.3, -0.25) is 14.5 Å². The third-order valence-corrected chi connectivity index (χ3v) is 6.95. The average molecular weight is 548 g/mol. The van der Waals surface area contributed by atoms with Gasteiger partial charge in [-0.25, -0.2) is 13.9 Å². The Morgan fingerprint density at radius 2 is 2.16 bits per heavy atom. The maximum atomic E-state index is 14.6. The monoisotopic (exact) mass is 547 g/mol. The van der Waals surface area contributed by atoms with Crippen molar-refractivity contribution in [2.24, 2.45) is 0 Å². The van der Waals surface area contributed by atoms with Crippen molar-refractivity contribution < 1.29 is 28.0 Å². The Morgan fingerprint density at radius 3 is 2.89 bits per heavy atom. The van der Waals surface area contributed by atoms with Gasteiger partial charge in [0.15, 0.2) is 5.82 Å². The van der Waals surface area contributed by atoms with E-state index in [-0.39, 0.29) is 29.2 Å². The number of amides is 1. The molecule has 0 saturated heterocycles. The fourth-order valence-corrected chi connectivity index (χ4v) is 5.02. The van der Waals surface area contributed by atoms with Crippen molar-refractivity contribution in [3.8, 4) is 22.0 Å². The number of thiazole rings is 1. The minimum Gasteiger partial charge on any atom is -0.378 e. The minimum atomic E-state index is -3.79.